The number of carbonyl (C=O) groups excluding carboxylic acids is 1. The molecule has 0 radical (unpaired) electrons. The molecule has 1 saturated heterocycles. The van der Waals surface area contributed by atoms with Crippen LogP contribution >= 0.6 is 0 Å². The van der Waals surface area contributed by atoms with Crippen LogP contribution in [0.3, 0.4) is 0 Å². The van der Waals surface area contributed by atoms with Crippen molar-refractivity contribution in [3.63, 3.8) is 0 Å². The van der Waals surface area contributed by atoms with Crippen LogP contribution in [0.1, 0.15) is 24.0 Å². The molecule has 160 valence electrons. The van der Waals surface area contributed by atoms with Gasteiger partial charge in [0, 0.05) is 30.9 Å². The maximum atomic E-state index is 13.3. The molecule has 7 nitrogen and oxygen atoms in total. The average Bonchev–Trinajstić information content (AvgIpc) is 2.72. The SMILES string of the molecule is O=C(/C=C/c1ccccc1N1CCC(NS(=O)(=O)Cc2cccc(F)c2)CC1)NO. The fourth-order valence-electron chi connectivity index (χ4n) is 3.50. The van der Waals surface area contributed by atoms with Gasteiger partial charge >= 0.3 is 0 Å². The highest BCUT2D eigenvalue weighted by Crippen LogP contribution is 2.25. The van der Waals surface area contributed by atoms with E-state index in [9.17, 15) is 17.6 Å². The minimum Gasteiger partial charge on any atom is -0.371 e. The summed E-state index contributed by atoms with van der Waals surface area (Å²) in [7, 11) is -3.58. The lowest BCUT2D eigenvalue weighted by Gasteiger charge is -2.34. The van der Waals surface area contributed by atoms with Crippen LogP contribution in [-0.4, -0.2) is 38.7 Å². The van der Waals surface area contributed by atoms with Gasteiger partial charge < -0.3 is 4.90 Å². The first kappa shape index (κ1) is 21.9. The van der Waals surface area contributed by atoms with E-state index in [1.807, 2.05) is 24.3 Å². The zero-order valence-corrected chi connectivity index (χ0v) is 17.1. The van der Waals surface area contributed by atoms with Gasteiger partial charge in [-0.1, -0.05) is 30.3 Å². The molecule has 1 aliphatic heterocycles. The molecular formula is C21H24FN3O4S. The number of benzene rings is 2. The molecule has 9 heteroatoms. The highest BCUT2D eigenvalue weighted by atomic mass is 32.2. The molecule has 0 spiro atoms. The lowest BCUT2D eigenvalue weighted by molar-refractivity contribution is -0.124. The number of hydrogen-bond donors (Lipinski definition) is 3. The first-order valence-corrected chi connectivity index (χ1v) is 11.2. The number of anilines is 1. The van der Waals surface area contributed by atoms with Crippen molar-refractivity contribution in [1.82, 2.24) is 10.2 Å². The van der Waals surface area contributed by atoms with E-state index < -0.39 is 21.7 Å². The standard InChI is InChI=1S/C21H24FN3O4S/c22-18-6-3-4-16(14-18)15-30(28,29)24-19-10-12-25(13-11-19)20-7-2-1-5-17(20)8-9-21(26)23-27/h1-9,14,19,24,27H,10-13,15H2,(H,23,26)/b9-8+. The van der Waals surface area contributed by atoms with E-state index in [1.165, 1.54) is 24.3 Å². The predicted molar refractivity (Wildman–Crippen MR) is 113 cm³/mol. The molecule has 0 atom stereocenters. The fraction of sp³-hybridized carbons (Fsp3) is 0.286. The third kappa shape index (κ3) is 6.12. The van der Waals surface area contributed by atoms with E-state index in [0.29, 0.717) is 31.5 Å². The topological polar surface area (TPSA) is 98.7 Å². The number of hydrogen-bond acceptors (Lipinski definition) is 5. The molecule has 1 aliphatic rings. The molecule has 0 unspecified atom stereocenters. The van der Waals surface area contributed by atoms with E-state index in [1.54, 1.807) is 17.6 Å². The number of piperidine rings is 1. The largest absolute Gasteiger partial charge is 0.371 e. The summed E-state index contributed by atoms with van der Waals surface area (Å²) in [4.78, 5) is 13.4. The van der Waals surface area contributed by atoms with E-state index >= 15 is 0 Å². The molecule has 1 fully saturated rings. The number of rotatable bonds is 7. The van der Waals surface area contributed by atoms with Gasteiger partial charge in [0.25, 0.3) is 5.91 Å². The Bertz CT molecular complexity index is 1020. The summed E-state index contributed by atoms with van der Waals surface area (Å²) in [6, 6.07) is 12.9. The fourth-order valence-corrected chi connectivity index (χ4v) is 4.94. The van der Waals surface area contributed by atoms with Gasteiger partial charge in [0.15, 0.2) is 0 Å². The summed E-state index contributed by atoms with van der Waals surface area (Å²) >= 11 is 0. The predicted octanol–water partition coefficient (Wildman–Crippen LogP) is 2.43. The van der Waals surface area contributed by atoms with E-state index in [0.717, 1.165) is 11.3 Å². The third-order valence-corrected chi connectivity index (χ3v) is 6.29. The van der Waals surface area contributed by atoms with Crippen LogP contribution in [0.4, 0.5) is 10.1 Å². The van der Waals surface area contributed by atoms with Crippen molar-refractivity contribution in [2.24, 2.45) is 0 Å². The normalized spacial score (nSPS) is 15.5. The Labute approximate surface area is 175 Å². The summed E-state index contributed by atoms with van der Waals surface area (Å²) < 4.78 is 40.9. The first-order valence-electron chi connectivity index (χ1n) is 9.57. The van der Waals surface area contributed by atoms with Crippen molar-refractivity contribution in [2.45, 2.75) is 24.6 Å². The number of nitrogens with zero attached hydrogens (tertiary/aromatic N) is 1. The Hall–Kier alpha value is -2.75. The number of sulfonamides is 1. The zero-order valence-electron chi connectivity index (χ0n) is 16.3. The summed E-state index contributed by atoms with van der Waals surface area (Å²) in [6.45, 7) is 1.29. The quantitative estimate of drug-likeness (QED) is 0.354. The van der Waals surface area contributed by atoms with Gasteiger partial charge in [-0.25, -0.2) is 23.0 Å². The molecule has 0 aromatic heterocycles. The van der Waals surface area contributed by atoms with Gasteiger partial charge in [0.1, 0.15) is 5.82 Å². The Balaban J connectivity index is 1.60. The molecule has 30 heavy (non-hydrogen) atoms. The summed E-state index contributed by atoms with van der Waals surface area (Å²) in [5.41, 5.74) is 3.72. The molecule has 0 aliphatic carbocycles. The smallest absolute Gasteiger partial charge is 0.267 e. The second-order valence-electron chi connectivity index (χ2n) is 7.14. The molecule has 0 bridgehead atoms. The third-order valence-electron chi connectivity index (χ3n) is 4.89. The second kappa shape index (κ2) is 9.84. The molecule has 1 heterocycles. The molecule has 2 aromatic carbocycles. The second-order valence-corrected chi connectivity index (χ2v) is 8.89. The molecular weight excluding hydrogens is 409 g/mol. The van der Waals surface area contributed by atoms with Crippen molar-refractivity contribution in [1.29, 1.82) is 0 Å². The van der Waals surface area contributed by atoms with Gasteiger partial charge in [0.2, 0.25) is 10.0 Å². The minimum absolute atomic E-state index is 0.192. The van der Waals surface area contributed by atoms with Crippen molar-refractivity contribution in [2.75, 3.05) is 18.0 Å². The van der Waals surface area contributed by atoms with Crippen LogP contribution in [0.25, 0.3) is 6.08 Å². The van der Waals surface area contributed by atoms with Crippen LogP contribution in [0.2, 0.25) is 0 Å². The van der Waals surface area contributed by atoms with Gasteiger partial charge in [-0.2, -0.15) is 0 Å². The van der Waals surface area contributed by atoms with Crippen LogP contribution in [0.5, 0.6) is 0 Å². The zero-order chi connectivity index (χ0) is 21.6. The first-order chi connectivity index (χ1) is 14.4. The Kier molecular flexibility index (Phi) is 7.20. The number of halogens is 1. The molecule has 0 saturated carbocycles. The van der Waals surface area contributed by atoms with Crippen molar-refractivity contribution in [3.05, 3.63) is 71.6 Å². The van der Waals surface area contributed by atoms with E-state index in [-0.39, 0.29) is 11.8 Å². The van der Waals surface area contributed by atoms with Crippen LogP contribution in [-0.2, 0) is 20.6 Å². The highest BCUT2D eigenvalue weighted by molar-refractivity contribution is 7.88. The highest BCUT2D eigenvalue weighted by Gasteiger charge is 2.24. The lowest BCUT2D eigenvalue weighted by atomic mass is 10.0. The van der Waals surface area contributed by atoms with Crippen molar-refractivity contribution in [3.8, 4) is 0 Å². The van der Waals surface area contributed by atoms with Crippen molar-refractivity contribution < 1.29 is 22.8 Å². The Morgan fingerprint density at radius 2 is 1.90 bits per heavy atom. The average molecular weight is 434 g/mol. The maximum Gasteiger partial charge on any atom is 0.267 e. The maximum absolute atomic E-state index is 13.3. The number of carbonyl (C=O) groups is 1. The summed E-state index contributed by atoms with van der Waals surface area (Å²) in [6.07, 6.45) is 4.11. The molecule has 3 rings (SSSR count). The van der Waals surface area contributed by atoms with Gasteiger partial charge in [-0.05, 0) is 48.2 Å². The van der Waals surface area contributed by atoms with E-state index in [4.69, 9.17) is 5.21 Å². The van der Waals surface area contributed by atoms with Crippen LogP contribution in [0.15, 0.2) is 54.6 Å². The summed E-state index contributed by atoms with van der Waals surface area (Å²) in [5, 5.41) is 8.62. The lowest BCUT2D eigenvalue weighted by Crippen LogP contribution is -2.45. The van der Waals surface area contributed by atoms with Gasteiger partial charge in [-0.15, -0.1) is 0 Å². The molecule has 2 aromatic rings. The van der Waals surface area contributed by atoms with Crippen LogP contribution in [0, 0.1) is 5.82 Å². The van der Waals surface area contributed by atoms with Gasteiger partial charge in [-0.3, -0.25) is 10.0 Å². The number of nitrogens with one attached hydrogen (secondary N) is 2. The Morgan fingerprint density at radius 3 is 2.60 bits per heavy atom. The number of amides is 1. The Morgan fingerprint density at radius 1 is 1.17 bits per heavy atom. The minimum atomic E-state index is -3.58. The summed E-state index contributed by atoms with van der Waals surface area (Å²) in [5.74, 6) is -1.33. The monoisotopic (exact) mass is 433 g/mol. The number of para-hydroxylation sites is 1. The number of hydroxylamine groups is 1. The van der Waals surface area contributed by atoms with Crippen molar-refractivity contribution >= 4 is 27.7 Å². The molecule has 3 N–H and O–H groups in total. The van der Waals surface area contributed by atoms with Gasteiger partial charge in [0.05, 0.1) is 5.75 Å². The van der Waals surface area contributed by atoms with Crippen LogP contribution < -0.4 is 15.1 Å². The van der Waals surface area contributed by atoms with E-state index in [2.05, 4.69) is 9.62 Å². The molecule has 1 amide bonds.